The molecular formula is C30H32Cl3N3O4S. The van der Waals surface area contributed by atoms with Gasteiger partial charge in [0, 0.05) is 47.7 Å². The Balaban J connectivity index is 1.43. The molecular weight excluding hydrogens is 605 g/mol. The number of carbonyl (C=O) groups is 2. The first kappa shape index (κ1) is 31.3. The van der Waals surface area contributed by atoms with Crippen molar-refractivity contribution in [1.82, 2.24) is 14.5 Å². The van der Waals surface area contributed by atoms with Gasteiger partial charge in [0.25, 0.3) is 0 Å². The van der Waals surface area contributed by atoms with Gasteiger partial charge in [-0.25, -0.2) is 8.42 Å². The number of aryl methyl sites for hydroxylation is 1. The molecule has 1 aliphatic heterocycles. The highest BCUT2D eigenvalue weighted by molar-refractivity contribution is 7.89. The van der Waals surface area contributed by atoms with Gasteiger partial charge in [0.15, 0.2) is 0 Å². The van der Waals surface area contributed by atoms with Crippen molar-refractivity contribution in [3.63, 3.8) is 0 Å². The van der Waals surface area contributed by atoms with E-state index in [1.165, 1.54) is 9.21 Å². The minimum absolute atomic E-state index is 0.145. The first-order chi connectivity index (χ1) is 19.5. The monoisotopic (exact) mass is 635 g/mol. The average Bonchev–Trinajstić information content (AvgIpc) is 3.51. The van der Waals surface area contributed by atoms with Gasteiger partial charge in [-0.05, 0) is 79.3 Å². The summed E-state index contributed by atoms with van der Waals surface area (Å²) in [6.45, 7) is 3.18. The van der Waals surface area contributed by atoms with Gasteiger partial charge in [-0.1, -0.05) is 65.1 Å². The van der Waals surface area contributed by atoms with Gasteiger partial charge >= 0.3 is 0 Å². The number of sulfonamides is 1. The smallest absolute Gasteiger partial charge is 0.243 e. The maximum absolute atomic E-state index is 13.5. The highest BCUT2D eigenvalue weighted by Gasteiger charge is 2.28. The minimum atomic E-state index is -3.50. The molecule has 3 aromatic carbocycles. The predicted octanol–water partition coefficient (Wildman–Crippen LogP) is 6.10. The fraction of sp³-hybridized carbons (Fsp3) is 0.333. The van der Waals surface area contributed by atoms with Crippen LogP contribution < -0.4 is 5.32 Å². The van der Waals surface area contributed by atoms with E-state index in [2.05, 4.69) is 5.32 Å². The maximum Gasteiger partial charge on any atom is 0.243 e. The SMILES string of the molecule is C[C@@H](C(=O)NCc1ccc(Cl)cc1Cl)N(Cc1ccc(Cl)cc1)C(=O)CCc1ccc(S(=O)(=O)N2CCCC2)cc1. The van der Waals surface area contributed by atoms with Crippen LogP contribution in [0.15, 0.2) is 71.6 Å². The summed E-state index contributed by atoms with van der Waals surface area (Å²) in [5.41, 5.74) is 2.38. The normalized spacial score (nSPS) is 14.5. The van der Waals surface area contributed by atoms with E-state index in [9.17, 15) is 18.0 Å². The van der Waals surface area contributed by atoms with Gasteiger partial charge in [-0.2, -0.15) is 4.31 Å². The van der Waals surface area contributed by atoms with E-state index in [4.69, 9.17) is 34.8 Å². The predicted molar refractivity (Wildman–Crippen MR) is 163 cm³/mol. The number of hydrogen-bond donors (Lipinski definition) is 1. The first-order valence-electron chi connectivity index (χ1n) is 13.4. The van der Waals surface area contributed by atoms with Gasteiger partial charge in [-0.3, -0.25) is 9.59 Å². The molecule has 41 heavy (non-hydrogen) atoms. The summed E-state index contributed by atoms with van der Waals surface area (Å²) < 4.78 is 27.1. The molecule has 0 saturated carbocycles. The van der Waals surface area contributed by atoms with Crippen molar-refractivity contribution in [2.75, 3.05) is 13.1 Å². The summed E-state index contributed by atoms with van der Waals surface area (Å²) in [6, 6.07) is 18.1. The fourth-order valence-electron chi connectivity index (χ4n) is 4.66. The minimum Gasteiger partial charge on any atom is -0.350 e. The van der Waals surface area contributed by atoms with Crippen LogP contribution in [-0.4, -0.2) is 48.6 Å². The molecule has 4 rings (SSSR count). The van der Waals surface area contributed by atoms with Crippen LogP contribution in [0.3, 0.4) is 0 Å². The molecule has 0 aliphatic carbocycles. The molecule has 0 unspecified atom stereocenters. The van der Waals surface area contributed by atoms with Crippen LogP contribution in [0.1, 0.15) is 42.9 Å². The van der Waals surface area contributed by atoms with E-state index >= 15 is 0 Å². The zero-order valence-electron chi connectivity index (χ0n) is 22.7. The van der Waals surface area contributed by atoms with E-state index < -0.39 is 16.1 Å². The van der Waals surface area contributed by atoms with Crippen LogP contribution in [-0.2, 0) is 39.1 Å². The molecule has 1 saturated heterocycles. The number of nitrogens with one attached hydrogen (secondary N) is 1. The lowest BCUT2D eigenvalue weighted by Gasteiger charge is -2.29. The second kappa shape index (κ2) is 14.0. The van der Waals surface area contributed by atoms with Crippen LogP contribution in [0.2, 0.25) is 15.1 Å². The van der Waals surface area contributed by atoms with E-state index in [1.807, 2.05) is 12.1 Å². The highest BCUT2D eigenvalue weighted by atomic mass is 35.5. The highest BCUT2D eigenvalue weighted by Crippen LogP contribution is 2.23. The Morgan fingerprint density at radius 1 is 0.902 bits per heavy atom. The molecule has 1 atom stereocenters. The topological polar surface area (TPSA) is 86.8 Å². The third-order valence-corrected chi connectivity index (χ3v) is 9.91. The van der Waals surface area contributed by atoms with Crippen molar-refractivity contribution in [1.29, 1.82) is 0 Å². The van der Waals surface area contributed by atoms with E-state index in [0.29, 0.717) is 40.1 Å². The number of hydrogen-bond acceptors (Lipinski definition) is 4. The molecule has 218 valence electrons. The molecule has 0 bridgehead atoms. The molecule has 0 spiro atoms. The lowest BCUT2D eigenvalue weighted by molar-refractivity contribution is -0.140. The standard InChI is InChI=1S/C30H32Cl3N3O4S/c1-21(30(38)34-19-24-9-12-26(32)18-28(24)33)36(20-23-4-10-25(31)11-5-23)29(37)15-8-22-6-13-27(14-7-22)41(39,40)35-16-2-3-17-35/h4-7,9-14,18,21H,2-3,8,15-17,19-20H2,1H3,(H,34,38)/t21-/m0/s1. The largest absolute Gasteiger partial charge is 0.350 e. The van der Waals surface area contributed by atoms with E-state index in [-0.39, 0.29) is 36.2 Å². The van der Waals surface area contributed by atoms with E-state index in [0.717, 1.165) is 24.0 Å². The average molecular weight is 637 g/mol. The Morgan fingerprint density at radius 2 is 1.51 bits per heavy atom. The van der Waals surface area contributed by atoms with Crippen molar-refractivity contribution in [2.24, 2.45) is 0 Å². The van der Waals surface area contributed by atoms with Gasteiger partial charge in [-0.15, -0.1) is 0 Å². The van der Waals surface area contributed by atoms with E-state index in [1.54, 1.807) is 61.5 Å². The Kier molecular flexibility index (Phi) is 10.7. The van der Waals surface area contributed by atoms with Crippen LogP contribution in [0, 0.1) is 0 Å². The Bertz CT molecular complexity index is 1480. The molecule has 2 amide bonds. The third kappa shape index (κ3) is 8.23. The van der Waals surface area contributed by atoms with Crippen LogP contribution >= 0.6 is 34.8 Å². The first-order valence-corrected chi connectivity index (χ1v) is 16.0. The van der Waals surface area contributed by atoms with Crippen molar-refractivity contribution >= 4 is 56.6 Å². The Labute approximate surface area is 256 Å². The molecule has 1 aliphatic rings. The number of carbonyl (C=O) groups excluding carboxylic acids is 2. The summed E-state index contributed by atoms with van der Waals surface area (Å²) in [7, 11) is -3.50. The van der Waals surface area contributed by atoms with Crippen molar-refractivity contribution in [2.45, 2.75) is 56.6 Å². The molecule has 1 N–H and O–H groups in total. The van der Waals surface area contributed by atoms with Crippen molar-refractivity contribution in [3.8, 4) is 0 Å². The zero-order valence-corrected chi connectivity index (χ0v) is 25.7. The van der Waals surface area contributed by atoms with Crippen molar-refractivity contribution < 1.29 is 18.0 Å². The maximum atomic E-state index is 13.5. The summed E-state index contributed by atoms with van der Waals surface area (Å²) >= 11 is 18.2. The molecule has 1 fully saturated rings. The second-order valence-corrected chi connectivity index (χ2v) is 13.3. The van der Waals surface area contributed by atoms with Crippen LogP contribution in [0.5, 0.6) is 0 Å². The lowest BCUT2D eigenvalue weighted by atomic mass is 10.1. The number of benzene rings is 3. The molecule has 1 heterocycles. The molecule has 0 radical (unpaired) electrons. The Hall–Kier alpha value is -2.62. The van der Waals surface area contributed by atoms with Gasteiger partial charge < -0.3 is 10.2 Å². The lowest BCUT2D eigenvalue weighted by Crippen LogP contribution is -2.47. The number of nitrogens with zero attached hydrogens (tertiary/aromatic N) is 2. The summed E-state index contributed by atoms with van der Waals surface area (Å²) in [6.07, 6.45) is 2.29. The number of amides is 2. The quantitative estimate of drug-likeness (QED) is 0.276. The summed E-state index contributed by atoms with van der Waals surface area (Å²) in [5, 5.41) is 4.38. The van der Waals surface area contributed by atoms with Crippen molar-refractivity contribution in [3.05, 3.63) is 98.5 Å². The van der Waals surface area contributed by atoms with Gasteiger partial charge in [0.05, 0.1) is 4.90 Å². The summed E-state index contributed by atoms with van der Waals surface area (Å²) in [5.74, 6) is -0.532. The molecule has 11 heteroatoms. The summed E-state index contributed by atoms with van der Waals surface area (Å²) in [4.78, 5) is 28.4. The number of rotatable bonds is 11. The molecule has 3 aromatic rings. The zero-order chi connectivity index (χ0) is 29.6. The Morgan fingerprint density at radius 3 is 2.15 bits per heavy atom. The van der Waals surface area contributed by atoms with Gasteiger partial charge in [0.2, 0.25) is 21.8 Å². The second-order valence-electron chi connectivity index (χ2n) is 10.0. The molecule has 0 aromatic heterocycles. The fourth-order valence-corrected chi connectivity index (χ4v) is 6.78. The van der Waals surface area contributed by atoms with Crippen LogP contribution in [0.25, 0.3) is 0 Å². The number of halogens is 3. The third-order valence-electron chi connectivity index (χ3n) is 7.16. The van der Waals surface area contributed by atoms with Gasteiger partial charge in [0.1, 0.15) is 6.04 Å². The van der Waals surface area contributed by atoms with Crippen LogP contribution in [0.4, 0.5) is 0 Å². The molecule has 7 nitrogen and oxygen atoms in total.